The molecule has 1 aliphatic heterocycles. The van der Waals surface area contributed by atoms with Crippen LogP contribution in [-0.2, 0) is 21.1 Å². The summed E-state index contributed by atoms with van der Waals surface area (Å²) in [5, 5.41) is 3.44. The number of sulfone groups is 1. The maximum atomic E-state index is 12.5. The predicted octanol–water partition coefficient (Wildman–Crippen LogP) is 3.02. The minimum absolute atomic E-state index is 0.0565. The molecule has 7 nitrogen and oxygen atoms in total. The van der Waals surface area contributed by atoms with Crippen LogP contribution in [0.1, 0.15) is 12.5 Å². The Hall–Kier alpha value is -2.49. The molecule has 31 heavy (non-hydrogen) atoms. The molecule has 0 unspecified atom stereocenters. The van der Waals surface area contributed by atoms with Crippen LogP contribution in [-0.4, -0.2) is 63.2 Å². The highest BCUT2D eigenvalue weighted by Gasteiger charge is 2.16. The van der Waals surface area contributed by atoms with E-state index in [-0.39, 0.29) is 23.0 Å². The first-order valence-corrected chi connectivity index (χ1v) is 12.8. The zero-order chi connectivity index (χ0) is 22.0. The maximum Gasteiger partial charge on any atom is 0.230 e. The summed E-state index contributed by atoms with van der Waals surface area (Å²) in [5.41, 5.74) is 2.81. The molecule has 1 aliphatic rings. The molecule has 0 atom stereocenters. The van der Waals surface area contributed by atoms with E-state index in [1.807, 2.05) is 6.07 Å². The molecule has 0 bridgehead atoms. The number of hydrogen-bond donors (Lipinski definition) is 1. The number of hydrogen-bond acceptors (Lipinski definition) is 7. The van der Waals surface area contributed by atoms with Gasteiger partial charge in [0.05, 0.1) is 27.3 Å². The van der Waals surface area contributed by atoms with Gasteiger partial charge in [-0.3, -0.25) is 4.79 Å². The van der Waals surface area contributed by atoms with Crippen LogP contribution in [0.2, 0.25) is 0 Å². The predicted molar refractivity (Wildman–Crippen MR) is 126 cm³/mol. The van der Waals surface area contributed by atoms with Gasteiger partial charge in [0.25, 0.3) is 0 Å². The fourth-order valence-electron chi connectivity index (χ4n) is 3.56. The van der Waals surface area contributed by atoms with Gasteiger partial charge in [-0.2, -0.15) is 0 Å². The van der Waals surface area contributed by atoms with Gasteiger partial charge in [0.1, 0.15) is 0 Å². The molecule has 1 aromatic heterocycles. The topological polar surface area (TPSA) is 82.6 Å². The number of piperazine rings is 1. The van der Waals surface area contributed by atoms with Crippen molar-refractivity contribution in [2.75, 3.05) is 49.2 Å². The SMILES string of the molecule is CCS(=O)(=O)c1ccc(CC(=O)Nc2nc3ccc(N4CCN(C)CC4)cc3s2)cc1. The normalized spacial score (nSPS) is 15.4. The number of likely N-dealkylation sites (N-methyl/N-ethyl adjacent to an activating group) is 1. The summed E-state index contributed by atoms with van der Waals surface area (Å²) < 4.78 is 24.9. The third-order valence-electron chi connectivity index (χ3n) is 5.51. The van der Waals surface area contributed by atoms with Crippen LogP contribution in [0.5, 0.6) is 0 Å². The van der Waals surface area contributed by atoms with Crippen molar-refractivity contribution in [1.82, 2.24) is 9.88 Å². The molecule has 1 fully saturated rings. The Balaban J connectivity index is 1.41. The van der Waals surface area contributed by atoms with Crippen molar-refractivity contribution < 1.29 is 13.2 Å². The summed E-state index contributed by atoms with van der Waals surface area (Å²) in [6, 6.07) is 12.7. The number of rotatable bonds is 6. The van der Waals surface area contributed by atoms with Crippen molar-refractivity contribution in [3.05, 3.63) is 48.0 Å². The molecule has 2 aromatic carbocycles. The molecule has 0 radical (unpaired) electrons. The highest BCUT2D eigenvalue weighted by atomic mass is 32.2. The maximum absolute atomic E-state index is 12.5. The first kappa shape index (κ1) is 21.7. The number of carbonyl (C=O) groups is 1. The van der Waals surface area contributed by atoms with Crippen molar-refractivity contribution in [2.45, 2.75) is 18.2 Å². The Labute approximate surface area is 186 Å². The smallest absolute Gasteiger partial charge is 0.230 e. The Morgan fingerprint density at radius 3 is 2.48 bits per heavy atom. The van der Waals surface area contributed by atoms with Crippen molar-refractivity contribution in [3.8, 4) is 0 Å². The molecule has 9 heteroatoms. The van der Waals surface area contributed by atoms with Crippen LogP contribution in [0.25, 0.3) is 10.2 Å². The summed E-state index contributed by atoms with van der Waals surface area (Å²) in [6.07, 6.45) is 0.162. The molecule has 4 rings (SSSR count). The number of nitrogens with zero attached hydrogens (tertiary/aromatic N) is 3. The zero-order valence-electron chi connectivity index (χ0n) is 17.7. The Morgan fingerprint density at radius 1 is 1.10 bits per heavy atom. The average Bonchev–Trinajstić information content (AvgIpc) is 3.16. The summed E-state index contributed by atoms with van der Waals surface area (Å²) in [7, 11) is -1.10. The molecule has 2 heterocycles. The largest absolute Gasteiger partial charge is 0.369 e. The molecule has 3 aromatic rings. The molecular formula is C22H26N4O3S2. The lowest BCUT2D eigenvalue weighted by Gasteiger charge is -2.34. The third kappa shape index (κ3) is 5.06. The quantitative estimate of drug-likeness (QED) is 0.611. The summed E-state index contributed by atoms with van der Waals surface area (Å²) in [5.74, 6) is -0.120. The van der Waals surface area contributed by atoms with Gasteiger partial charge >= 0.3 is 0 Å². The van der Waals surface area contributed by atoms with E-state index >= 15 is 0 Å². The van der Waals surface area contributed by atoms with Gasteiger partial charge in [-0.15, -0.1) is 0 Å². The van der Waals surface area contributed by atoms with Gasteiger partial charge in [0.15, 0.2) is 15.0 Å². The monoisotopic (exact) mass is 458 g/mol. The minimum Gasteiger partial charge on any atom is -0.369 e. The second kappa shape index (κ2) is 8.94. The molecule has 0 spiro atoms. The molecule has 1 saturated heterocycles. The zero-order valence-corrected chi connectivity index (χ0v) is 19.3. The van der Waals surface area contributed by atoms with Gasteiger partial charge in [0.2, 0.25) is 5.91 Å². The van der Waals surface area contributed by atoms with E-state index in [9.17, 15) is 13.2 Å². The number of benzene rings is 2. The number of amides is 1. The standard InChI is InChI=1S/C22H26N4O3S2/c1-3-31(28,29)18-7-4-16(5-8-18)14-21(27)24-22-23-19-9-6-17(15-20(19)30-22)26-12-10-25(2)11-13-26/h4-9,15H,3,10-14H2,1-2H3,(H,23,24,27). The molecule has 0 saturated carbocycles. The van der Waals surface area contributed by atoms with E-state index in [1.165, 1.54) is 17.0 Å². The molecular weight excluding hydrogens is 432 g/mol. The Kier molecular flexibility index (Phi) is 6.27. The fourth-order valence-corrected chi connectivity index (χ4v) is 5.36. The molecule has 164 valence electrons. The van der Waals surface area contributed by atoms with E-state index in [0.29, 0.717) is 5.13 Å². The minimum atomic E-state index is -3.24. The highest BCUT2D eigenvalue weighted by molar-refractivity contribution is 7.91. The number of anilines is 2. The molecule has 0 aliphatic carbocycles. The van der Waals surface area contributed by atoms with Crippen LogP contribution in [0, 0.1) is 0 Å². The van der Waals surface area contributed by atoms with Gasteiger partial charge in [-0.1, -0.05) is 30.4 Å². The van der Waals surface area contributed by atoms with Crippen LogP contribution in [0.4, 0.5) is 10.8 Å². The van der Waals surface area contributed by atoms with Gasteiger partial charge in [-0.25, -0.2) is 13.4 Å². The van der Waals surface area contributed by atoms with Crippen LogP contribution in [0.3, 0.4) is 0 Å². The van der Waals surface area contributed by atoms with Crippen molar-refractivity contribution in [3.63, 3.8) is 0 Å². The highest BCUT2D eigenvalue weighted by Crippen LogP contribution is 2.30. The van der Waals surface area contributed by atoms with Crippen LogP contribution in [0.15, 0.2) is 47.4 Å². The lowest BCUT2D eigenvalue weighted by molar-refractivity contribution is -0.115. The Morgan fingerprint density at radius 2 is 1.81 bits per heavy atom. The number of fused-ring (bicyclic) bond motifs is 1. The van der Waals surface area contributed by atoms with Crippen molar-refractivity contribution in [2.24, 2.45) is 0 Å². The first-order chi connectivity index (χ1) is 14.8. The summed E-state index contributed by atoms with van der Waals surface area (Å²) >= 11 is 1.46. The summed E-state index contributed by atoms with van der Waals surface area (Å²) in [6.45, 7) is 5.72. The van der Waals surface area contributed by atoms with Crippen molar-refractivity contribution in [1.29, 1.82) is 0 Å². The molecule has 1 N–H and O–H groups in total. The molecule has 1 amide bonds. The second-order valence-electron chi connectivity index (χ2n) is 7.73. The van der Waals surface area contributed by atoms with Crippen LogP contribution >= 0.6 is 11.3 Å². The van der Waals surface area contributed by atoms with E-state index in [1.54, 1.807) is 31.2 Å². The fraction of sp³-hybridized carbons (Fsp3) is 0.364. The van der Waals surface area contributed by atoms with E-state index in [0.717, 1.165) is 42.0 Å². The van der Waals surface area contributed by atoms with E-state index in [2.05, 4.69) is 39.3 Å². The van der Waals surface area contributed by atoms with Gasteiger partial charge < -0.3 is 15.1 Å². The lowest BCUT2D eigenvalue weighted by atomic mass is 10.1. The van der Waals surface area contributed by atoms with E-state index in [4.69, 9.17) is 0 Å². The average molecular weight is 459 g/mol. The second-order valence-corrected chi connectivity index (χ2v) is 11.0. The van der Waals surface area contributed by atoms with Gasteiger partial charge in [-0.05, 0) is 42.9 Å². The van der Waals surface area contributed by atoms with Crippen LogP contribution < -0.4 is 10.2 Å². The van der Waals surface area contributed by atoms with E-state index < -0.39 is 9.84 Å². The van der Waals surface area contributed by atoms with Gasteiger partial charge in [0, 0.05) is 31.9 Å². The number of carbonyl (C=O) groups excluding carboxylic acids is 1. The summed E-state index contributed by atoms with van der Waals surface area (Å²) in [4.78, 5) is 22.0. The lowest BCUT2D eigenvalue weighted by Crippen LogP contribution is -2.44. The Bertz CT molecular complexity index is 1180. The van der Waals surface area contributed by atoms with Crippen molar-refractivity contribution >= 4 is 48.1 Å². The number of thiazole rings is 1. The first-order valence-electron chi connectivity index (χ1n) is 10.3. The number of nitrogens with one attached hydrogen (secondary N) is 1. The third-order valence-corrected chi connectivity index (χ3v) is 8.20. The number of aromatic nitrogens is 1.